The molecule has 7 heteroatoms. The van der Waals surface area contributed by atoms with Crippen molar-refractivity contribution in [2.75, 3.05) is 11.9 Å². The minimum absolute atomic E-state index is 0.201. The molecular formula is C26H24FN5O. The van der Waals surface area contributed by atoms with Gasteiger partial charge in [0, 0.05) is 44.1 Å². The zero-order valence-corrected chi connectivity index (χ0v) is 18.3. The predicted octanol–water partition coefficient (Wildman–Crippen LogP) is 3.77. The van der Waals surface area contributed by atoms with E-state index in [2.05, 4.69) is 39.9 Å². The first-order valence-electron chi connectivity index (χ1n) is 10.9. The van der Waals surface area contributed by atoms with Gasteiger partial charge in [0.1, 0.15) is 5.82 Å². The smallest absolute Gasteiger partial charge is 0.263 e. The molecule has 0 amide bonds. The van der Waals surface area contributed by atoms with Crippen molar-refractivity contribution in [1.82, 2.24) is 19.9 Å². The summed E-state index contributed by atoms with van der Waals surface area (Å²) in [6.45, 7) is 1.45. The molecule has 1 aliphatic heterocycles. The van der Waals surface area contributed by atoms with Crippen molar-refractivity contribution in [3.05, 3.63) is 100 Å². The lowest BCUT2D eigenvalue weighted by atomic mass is 9.96. The summed E-state index contributed by atoms with van der Waals surface area (Å²) in [7, 11) is 1.70. The van der Waals surface area contributed by atoms with E-state index in [0.29, 0.717) is 29.3 Å². The molecule has 1 aliphatic rings. The second-order valence-corrected chi connectivity index (χ2v) is 8.20. The number of aromatic nitrogens is 3. The van der Waals surface area contributed by atoms with Crippen LogP contribution in [-0.4, -0.2) is 27.1 Å². The Morgan fingerprint density at radius 3 is 2.52 bits per heavy atom. The Kier molecular flexibility index (Phi) is 5.71. The second kappa shape index (κ2) is 8.96. The summed E-state index contributed by atoms with van der Waals surface area (Å²) < 4.78 is 15.0. The highest BCUT2D eigenvalue weighted by atomic mass is 19.1. The summed E-state index contributed by atoms with van der Waals surface area (Å²) in [6, 6.07) is 18.2. The number of halogens is 1. The number of benzene rings is 2. The summed E-state index contributed by atoms with van der Waals surface area (Å²) in [6.07, 6.45) is 4.24. The molecule has 0 radical (unpaired) electrons. The van der Waals surface area contributed by atoms with Crippen molar-refractivity contribution in [2.24, 2.45) is 7.05 Å². The van der Waals surface area contributed by atoms with Gasteiger partial charge in [0.15, 0.2) is 0 Å². The molecule has 3 heterocycles. The van der Waals surface area contributed by atoms with Crippen LogP contribution in [0.25, 0.3) is 22.4 Å². The van der Waals surface area contributed by atoms with Crippen molar-refractivity contribution < 1.29 is 4.39 Å². The van der Waals surface area contributed by atoms with Gasteiger partial charge in [0.25, 0.3) is 5.56 Å². The van der Waals surface area contributed by atoms with Crippen molar-refractivity contribution >= 4 is 5.95 Å². The van der Waals surface area contributed by atoms with Gasteiger partial charge in [-0.05, 0) is 47.4 Å². The van der Waals surface area contributed by atoms with Gasteiger partial charge in [0.2, 0.25) is 5.95 Å². The first-order valence-corrected chi connectivity index (χ1v) is 10.9. The Balaban J connectivity index is 1.49. The molecule has 1 atom stereocenters. The van der Waals surface area contributed by atoms with E-state index in [1.165, 1.54) is 27.8 Å². The quantitative estimate of drug-likeness (QED) is 0.493. The van der Waals surface area contributed by atoms with Crippen LogP contribution in [0.15, 0.2) is 77.9 Å². The van der Waals surface area contributed by atoms with Crippen LogP contribution in [-0.2, 0) is 20.0 Å². The Morgan fingerprint density at radius 1 is 1.03 bits per heavy atom. The Labute approximate surface area is 191 Å². The highest BCUT2D eigenvalue weighted by Crippen LogP contribution is 2.29. The van der Waals surface area contributed by atoms with E-state index in [0.717, 1.165) is 18.5 Å². The maximum atomic E-state index is 13.5. The summed E-state index contributed by atoms with van der Waals surface area (Å²) in [5, 5.41) is 6.91. The molecule has 0 bridgehead atoms. The average Bonchev–Trinajstić information content (AvgIpc) is 2.86. The van der Waals surface area contributed by atoms with Crippen molar-refractivity contribution in [3.8, 4) is 22.4 Å². The Morgan fingerprint density at radius 2 is 1.76 bits per heavy atom. The summed E-state index contributed by atoms with van der Waals surface area (Å²) in [4.78, 5) is 22.4. The normalized spacial score (nSPS) is 15.2. The highest BCUT2D eigenvalue weighted by Gasteiger charge is 2.21. The van der Waals surface area contributed by atoms with Crippen molar-refractivity contribution in [1.29, 1.82) is 0 Å². The largest absolute Gasteiger partial charge is 0.354 e. The molecule has 0 unspecified atom stereocenters. The molecule has 0 saturated heterocycles. The van der Waals surface area contributed by atoms with Gasteiger partial charge in [0.05, 0.1) is 11.3 Å². The van der Waals surface area contributed by atoms with Crippen LogP contribution >= 0.6 is 0 Å². The van der Waals surface area contributed by atoms with Crippen molar-refractivity contribution in [2.45, 2.75) is 19.0 Å². The molecule has 6 nitrogen and oxygen atoms in total. The maximum Gasteiger partial charge on any atom is 0.263 e. The lowest BCUT2D eigenvalue weighted by Gasteiger charge is -2.27. The van der Waals surface area contributed by atoms with Crippen LogP contribution in [0.5, 0.6) is 0 Å². The molecule has 0 aliphatic carbocycles. The number of hydrogen-bond acceptors (Lipinski definition) is 5. The molecule has 5 rings (SSSR count). The lowest BCUT2D eigenvalue weighted by Crippen LogP contribution is -2.41. The van der Waals surface area contributed by atoms with Gasteiger partial charge in [-0.15, -0.1) is 0 Å². The van der Waals surface area contributed by atoms with E-state index in [9.17, 15) is 9.18 Å². The number of pyridine rings is 1. The number of anilines is 1. The zero-order valence-electron chi connectivity index (χ0n) is 18.3. The summed E-state index contributed by atoms with van der Waals surface area (Å²) >= 11 is 0. The molecule has 2 N–H and O–H groups in total. The molecular weight excluding hydrogens is 417 g/mol. The average molecular weight is 442 g/mol. The molecule has 33 heavy (non-hydrogen) atoms. The van der Waals surface area contributed by atoms with Crippen LogP contribution in [0.4, 0.5) is 10.3 Å². The third-order valence-electron chi connectivity index (χ3n) is 6.05. The SMILES string of the molecule is Cn1c(NC[C@@H]2Cc3ccccc3CN2)nc(-c2ccncc2)c(-c2ccc(F)cc2)c1=O. The zero-order chi connectivity index (χ0) is 22.8. The molecule has 0 spiro atoms. The van der Waals surface area contributed by atoms with Gasteiger partial charge < -0.3 is 10.6 Å². The number of nitrogens with one attached hydrogen (secondary N) is 2. The van der Waals surface area contributed by atoms with Gasteiger partial charge in [-0.2, -0.15) is 0 Å². The monoisotopic (exact) mass is 441 g/mol. The van der Waals surface area contributed by atoms with Crippen LogP contribution in [0.2, 0.25) is 0 Å². The van der Waals surface area contributed by atoms with E-state index >= 15 is 0 Å². The van der Waals surface area contributed by atoms with Gasteiger partial charge in [-0.3, -0.25) is 14.3 Å². The van der Waals surface area contributed by atoms with E-state index in [4.69, 9.17) is 4.98 Å². The van der Waals surface area contributed by atoms with E-state index in [-0.39, 0.29) is 17.4 Å². The second-order valence-electron chi connectivity index (χ2n) is 8.20. The lowest BCUT2D eigenvalue weighted by molar-refractivity contribution is 0.495. The van der Waals surface area contributed by atoms with Gasteiger partial charge >= 0.3 is 0 Å². The van der Waals surface area contributed by atoms with Gasteiger partial charge in [-0.25, -0.2) is 9.37 Å². The van der Waals surface area contributed by atoms with Gasteiger partial charge in [-0.1, -0.05) is 36.4 Å². The van der Waals surface area contributed by atoms with Crippen LogP contribution in [0.3, 0.4) is 0 Å². The third-order valence-corrected chi connectivity index (χ3v) is 6.05. The fourth-order valence-corrected chi connectivity index (χ4v) is 4.24. The predicted molar refractivity (Wildman–Crippen MR) is 127 cm³/mol. The molecule has 166 valence electrons. The first kappa shape index (κ1) is 21.0. The topological polar surface area (TPSA) is 71.8 Å². The maximum absolute atomic E-state index is 13.5. The molecule has 2 aromatic carbocycles. The minimum atomic E-state index is -0.353. The number of nitrogens with zero attached hydrogens (tertiary/aromatic N) is 3. The van der Waals surface area contributed by atoms with Crippen molar-refractivity contribution in [3.63, 3.8) is 0 Å². The van der Waals surface area contributed by atoms with Crippen LogP contribution in [0, 0.1) is 5.82 Å². The summed E-state index contributed by atoms with van der Waals surface area (Å²) in [5.74, 6) is 0.132. The van der Waals surface area contributed by atoms with E-state index < -0.39 is 0 Å². The minimum Gasteiger partial charge on any atom is -0.354 e. The third kappa shape index (κ3) is 4.27. The van der Waals surface area contributed by atoms with Crippen LogP contribution in [0.1, 0.15) is 11.1 Å². The first-order chi connectivity index (χ1) is 16.1. The highest BCUT2D eigenvalue weighted by molar-refractivity contribution is 5.80. The molecule has 2 aromatic heterocycles. The molecule has 4 aromatic rings. The fraction of sp³-hybridized carbons (Fsp3) is 0.192. The van der Waals surface area contributed by atoms with E-state index in [1.807, 2.05) is 12.1 Å². The van der Waals surface area contributed by atoms with Crippen LogP contribution < -0.4 is 16.2 Å². The number of fused-ring (bicyclic) bond motifs is 1. The standard InChI is InChI=1S/C26H24FN5O/c1-32-25(33)23(17-6-8-21(27)9-7-17)24(18-10-12-28-13-11-18)31-26(32)30-16-22-14-19-4-2-3-5-20(19)15-29-22/h2-13,22,29H,14-16H2,1H3,(H,30,31)/t22-/m0/s1. The number of hydrogen-bond donors (Lipinski definition) is 2. The number of rotatable bonds is 5. The Bertz CT molecular complexity index is 1340. The molecule has 0 fully saturated rings. The Hall–Kier alpha value is -3.84. The molecule has 0 saturated carbocycles. The van der Waals surface area contributed by atoms with E-state index in [1.54, 1.807) is 31.6 Å². The summed E-state index contributed by atoms with van der Waals surface area (Å²) in [5.41, 5.74) is 4.82. The fourth-order valence-electron chi connectivity index (χ4n) is 4.24.